The van der Waals surface area contributed by atoms with Crippen LogP contribution in [0.5, 0.6) is 0 Å². The number of benzene rings is 1. The predicted octanol–water partition coefficient (Wildman–Crippen LogP) is 3.05. The van der Waals surface area contributed by atoms with Crippen molar-refractivity contribution in [3.63, 3.8) is 0 Å². The number of rotatable bonds is 8. The highest BCUT2D eigenvalue weighted by Crippen LogP contribution is 2.25. The van der Waals surface area contributed by atoms with Crippen LogP contribution >= 0.6 is 0 Å². The smallest absolute Gasteiger partial charge is 0.312 e. The standard InChI is InChI=1S/C22H26N6O3/c1-13(2)19(21-27-20(28-31-21)15-8-6-10-24-12-15)26-18(29)11-17(25-22(23)30)16-9-5-4-7-14(16)3/h4-10,12-13,17,19H,11H2,1-3H3,(H,26,29)(H3,23,25,30). The lowest BCUT2D eigenvalue weighted by molar-refractivity contribution is -0.122. The molecule has 0 radical (unpaired) electrons. The number of urea groups is 1. The van der Waals surface area contributed by atoms with Crippen LogP contribution < -0.4 is 16.4 Å². The van der Waals surface area contributed by atoms with Crippen LogP contribution in [0.1, 0.15) is 49.4 Å². The van der Waals surface area contributed by atoms with Crippen LogP contribution in [0.4, 0.5) is 4.79 Å². The summed E-state index contributed by atoms with van der Waals surface area (Å²) in [5.41, 5.74) is 7.83. The average molecular weight is 422 g/mol. The molecule has 0 saturated carbocycles. The number of hydrogen-bond acceptors (Lipinski definition) is 6. The highest BCUT2D eigenvalue weighted by Gasteiger charge is 2.27. The number of primary amides is 1. The molecule has 0 fully saturated rings. The summed E-state index contributed by atoms with van der Waals surface area (Å²) in [6, 6.07) is 9.39. The molecule has 2 heterocycles. The van der Waals surface area contributed by atoms with E-state index < -0.39 is 18.1 Å². The van der Waals surface area contributed by atoms with Gasteiger partial charge >= 0.3 is 6.03 Å². The highest BCUT2D eigenvalue weighted by atomic mass is 16.5. The van der Waals surface area contributed by atoms with Gasteiger partial charge in [-0.05, 0) is 36.1 Å². The molecule has 0 aliphatic heterocycles. The van der Waals surface area contributed by atoms with Crippen molar-refractivity contribution in [1.82, 2.24) is 25.8 Å². The van der Waals surface area contributed by atoms with Crippen LogP contribution in [0.25, 0.3) is 11.4 Å². The molecule has 4 N–H and O–H groups in total. The largest absolute Gasteiger partial charge is 0.352 e. The molecule has 0 aliphatic rings. The molecule has 31 heavy (non-hydrogen) atoms. The Labute approximate surface area is 180 Å². The van der Waals surface area contributed by atoms with Crippen LogP contribution in [0.15, 0.2) is 53.3 Å². The zero-order valence-electron chi connectivity index (χ0n) is 17.7. The van der Waals surface area contributed by atoms with E-state index in [4.69, 9.17) is 10.3 Å². The molecule has 0 aliphatic carbocycles. The Hall–Kier alpha value is -3.75. The highest BCUT2D eigenvalue weighted by molar-refractivity contribution is 5.79. The Morgan fingerprint density at radius 1 is 1.13 bits per heavy atom. The first kappa shape index (κ1) is 21.9. The molecule has 9 heteroatoms. The third kappa shape index (κ3) is 5.65. The summed E-state index contributed by atoms with van der Waals surface area (Å²) in [7, 11) is 0. The lowest BCUT2D eigenvalue weighted by Gasteiger charge is -2.23. The Morgan fingerprint density at radius 3 is 2.55 bits per heavy atom. The van der Waals surface area contributed by atoms with Gasteiger partial charge in [0.2, 0.25) is 17.6 Å². The minimum Gasteiger partial charge on any atom is -0.352 e. The molecule has 2 aromatic heterocycles. The maximum absolute atomic E-state index is 12.9. The molecule has 3 aromatic rings. The Bertz CT molecular complexity index is 1030. The van der Waals surface area contributed by atoms with Crippen LogP contribution in [0.2, 0.25) is 0 Å². The minimum absolute atomic E-state index is 0.00726. The Kier molecular flexibility index (Phi) is 6.96. The van der Waals surface area contributed by atoms with Crippen LogP contribution in [-0.4, -0.2) is 27.1 Å². The second-order valence-electron chi connectivity index (χ2n) is 7.61. The van der Waals surface area contributed by atoms with Crippen molar-refractivity contribution in [2.75, 3.05) is 0 Å². The molecule has 0 bridgehead atoms. The van der Waals surface area contributed by atoms with Gasteiger partial charge in [-0.2, -0.15) is 4.98 Å². The fraction of sp³-hybridized carbons (Fsp3) is 0.318. The van der Waals surface area contributed by atoms with Gasteiger partial charge in [0.25, 0.3) is 0 Å². The van der Waals surface area contributed by atoms with Gasteiger partial charge in [-0.15, -0.1) is 0 Å². The van der Waals surface area contributed by atoms with Crippen LogP contribution in [0.3, 0.4) is 0 Å². The number of aromatic nitrogens is 3. The van der Waals surface area contributed by atoms with Gasteiger partial charge in [-0.3, -0.25) is 9.78 Å². The number of amides is 3. The number of carbonyl (C=O) groups excluding carboxylic acids is 2. The third-order valence-corrected chi connectivity index (χ3v) is 4.88. The topological polar surface area (TPSA) is 136 Å². The SMILES string of the molecule is Cc1ccccc1C(CC(=O)NC(c1nc(-c2cccnc2)no1)C(C)C)NC(N)=O. The zero-order chi connectivity index (χ0) is 22.4. The number of nitrogens with two attached hydrogens (primary N) is 1. The first-order chi connectivity index (χ1) is 14.8. The molecule has 3 amide bonds. The summed E-state index contributed by atoms with van der Waals surface area (Å²) < 4.78 is 5.42. The van der Waals surface area contributed by atoms with E-state index in [0.29, 0.717) is 11.7 Å². The maximum Gasteiger partial charge on any atom is 0.312 e. The molecule has 0 saturated heterocycles. The lowest BCUT2D eigenvalue weighted by Crippen LogP contribution is -2.38. The fourth-order valence-corrected chi connectivity index (χ4v) is 3.29. The number of pyridine rings is 1. The van der Waals surface area contributed by atoms with Gasteiger partial charge in [-0.1, -0.05) is 43.3 Å². The number of nitrogens with zero attached hydrogens (tertiary/aromatic N) is 3. The molecular formula is C22H26N6O3. The Balaban J connectivity index is 1.76. The minimum atomic E-state index is -0.695. The van der Waals surface area contributed by atoms with Gasteiger partial charge in [0, 0.05) is 18.0 Å². The van der Waals surface area contributed by atoms with E-state index in [2.05, 4.69) is 25.8 Å². The maximum atomic E-state index is 12.9. The number of carbonyl (C=O) groups is 2. The summed E-state index contributed by atoms with van der Waals surface area (Å²) in [5, 5.41) is 9.61. The summed E-state index contributed by atoms with van der Waals surface area (Å²) in [6.07, 6.45) is 3.31. The average Bonchev–Trinajstić information content (AvgIpc) is 3.22. The number of hydrogen-bond donors (Lipinski definition) is 3. The van der Waals surface area contributed by atoms with E-state index in [1.807, 2.05) is 51.1 Å². The molecule has 1 aromatic carbocycles. The fourth-order valence-electron chi connectivity index (χ4n) is 3.29. The predicted molar refractivity (Wildman–Crippen MR) is 115 cm³/mol. The molecular weight excluding hydrogens is 396 g/mol. The summed E-state index contributed by atoms with van der Waals surface area (Å²) >= 11 is 0. The van der Waals surface area contributed by atoms with Crippen molar-refractivity contribution in [3.8, 4) is 11.4 Å². The monoisotopic (exact) mass is 422 g/mol. The van der Waals surface area contributed by atoms with Crippen LogP contribution in [-0.2, 0) is 4.79 Å². The summed E-state index contributed by atoms with van der Waals surface area (Å²) in [6.45, 7) is 5.80. The van der Waals surface area contributed by atoms with Crippen molar-refractivity contribution >= 4 is 11.9 Å². The van der Waals surface area contributed by atoms with Crippen molar-refractivity contribution in [3.05, 3.63) is 65.8 Å². The van der Waals surface area contributed by atoms with E-state index in [9.17, 15) is 9.59 Å². The van der Waals surface area contributed by atoms with Crippen molar-refractivity contribution in [2.45, 2.75) is 39.3 Å². The molecule has 3 rings (SSSR count). The number of nitrogens with one attached hydrogen (secondary N) is 2. The third-order valence-electron chi connectivity index (χ3n) is 4.88. The normalized spacial score (nSPS) is 12.9. The molecule has 2 atom stereocenters. The van der Waals surface area contributed by atoms with E-state index in [0.717, 1.165) is 16.7 Å². The molecule has 162 valence electrons. The van der Waals surface area contributed by atoms with E-state index >= 15 is 0 Å². The second kappa shape index (κ2) is 9.84. The van der Waals surface area contributed by atoms with Gasteiger partial charge in [0.15, 0.2) is 0 Å². The lowest BCUT2D eigenvalue weighted by atomic mass is 9.97. The molecule has 9 nitrogen and oxygen atoms in total. The summed E-state index contributed by atoms with van der Waals surface area (Å²) in [5.74, 6) is 0.419. The van der Waals surface area contributed by atoms with Gasteiger partial charge in [0.1, 0.15) is 6.04 Å². The van der Waals surface area contributed by atoms with Crippen molar-refractivity contribution in [1.29, 1.82) is 0 Å². The first-order valence-corrected chi connectivity index (χ1v) is 10.00. The van der Waals surface area contributed by atoms with E-state index in [1.54, 1.807) is 18.5 Å². The van der Waals surface area contributed by atoms with E-state index in [1.165, 1.54) is 0 Å². The second-order valence-corrected chi connectivity index (χ2v) is 7.61. The summed E-state index contributed by atoms with van der Waals surface area (Å²) in [4.78, 5) is 32.9. The zero-order valence-corrected chi connectivity index (χ0v) is 17.7. The van der Waals surface area contributed by atoms with Crippen molar-refractivity contribution in [2.24, 2.45) is 11.7 Å². The van der Waals surface area contributed by atoms with Gasteiger partial charge < -0.3 is 20.9 Å². The van der Waals surface area contributed by atoms with E-state index in [-0.39, 0.29) is 18.2 Å². The molecule has 2 unspecified atom stereocenters. The quantitative estimate of drug-likeness (QED) is 0.510. The van der Waals surface area contributed by atoms with Crippen LogP contribution in [0, 0.1) is 12.8 Å². The van der Waals surface area contributed by atoms with Gasteiger partial charge in [0.05, 0.1) is 12.5 Å². The first-order valence-electron chi connectivity index (χ1n) is 10.00. The molecule has 0 spiro atoms. The Morgan fingerprint density at radius 2 is 1.90 bits per heavy atom. The number of aryl methyl sites for hydroxylation is 1. The van der Waals surface area contributed by atoms with Gasteiger partial charge in [-0.25, -0.2) is 4.79 Å². The van der Waals surface area contributed by atoms with Crippen molar-refractivity contribution < 1.29 is 14.1 Å².